The number of rotatable bonds is 6. The van der Waals surface area contributed by atoms with Gasteiger partial charge in [0.05, 0.1) is 6.04 Å². The predicted octanol–water partition coefficient (Wildman–Crippen LogP) is 3.97. The zero-order chi connectivity index (χ0) is 15.9. The number of hydrogen-bond acceptors (Lipinski definition) is 4. The van der Waals surface area contributed by atoms with Crippen molar-refractivity contribution >= 4 is 35.8 Å². The maximum atomic E-state index is 12.0. The molecule has 0 spiro atoms. The average Bonchev–Trinajstić information content (AvgIpc) is 2.56. The smallest absolute Gasteiger partial charge is 0.241 e. The molecule has 2 atom stereocenters. The highest BCUT2D eigenvalue weighted by Gasteiger charge is 2.19. The van der Waals surface area contributed by atoms with Gasteiger partial charge in [-0.15, -0.1) is 12.4 Å². The van der Waals surface area contributed by atoms with Gasteiger partial charge in [0.2, 0.25) is 5.91 Å². The zero-order valence-corrected chi connectivity index (χ0v) is 14.9. The molecule has 6 heteroatoms. The molecule has 124 valence electrons. The normalized spacial score (nSPS) is 12.8. The van der Waals surface area contributed by atoms with E-state index in [4.69, 9.17) is 5.73 Å². The van der Waals surface area contributed by atoms with Gasteiger partial charge in [0.15, 0.2) is 0 Å². The van der Waals surface area contributed by atoms with Crippen LogP contribution in [0.25, 0.3) is 0 Å². The first kappa shape index (κ1) is 19.5. The van der Waals surface area contributed by atoms with Crippen LogP contribution in [0.4, 0.5) is 5.69 Å². The Hall–Kier alpha value is -1.56. The number of aromatic nitrogens is 1. The number of anilines is 1. The largest absolute Gasteiger partial charge is 0.325 e. The van der Waals surface area contributed by atoms with E-state index in [1.54, 1.807) is 24.2 Å². The Labute approximate surface area is 147 Å². The summed E-state index contributed by atoms with van der Waals surface area (Å²) in [5, 5.41) is 2.86. The summed E-state index contributed by atoms with van der Waals surface area (Å²) in [6, 6.07) is 11.2. The second kappa shape index (κ2) is 9.55. The number of hydrogen-bond donors (Lipinski definition) is 2. The van der Waals surface area contributed by atoms with Crippen molar-refractivity contribution in [2.24, 2.45) is 11.7 Å². The molecule has 0 fully saturated rings. The van der Waals surface area contributed by atoms with Crippen LogP contribution in [-0.4, -0.2) is 16.9 Å². The van der Waals surface area contributed by atoms with Crippen molar-refractivity contribution < 1.29 is 4.79 Å². The molecular formula is C17H22ClN3OS. The monoisotopic (exact) mass is 351 g/mol. The molecular weight excluding hydrogens is 330 g/mol. The molecule has 1 heterocycles. The molecule has 2 unspecified atom stereocenters. The lowest BCUT2D eigenvalue weighted by atomic mass is 9.99. The molecule has 4 nitrogen and oxygen atoms in total. The second-order valence-corrected chi connectivity index (χ2v) is 6.36. The van der Waals surface area contributed by atoms with Crippen molar-refractivity contribution in [1.82, 2.24) is 4.98 Å². The highest BCUT2D eigenvalue weighted by Crippen LogP contribution is 2.27. The van der Waals surface area contributed by atoms with Gasteiger partial charge < -0.3 is 11.1 Å². The van der Waals surface area contributed by atoms with E-state index in [2.05, 4.69) is 10.3 Å². The van der Waals surface area contributed by atoms with Gasteiger partial charge in [-0.25, -0.2) is 0 Å². The lowest BCUT2D eigenvalue weighted by Crippen LogP contribution is -2.40. The molecule has 0 saturated heterocycles. The molecule has 1 aromatic heterocycles. The summed E-state index contributed by atoms with van der Waals surface area (Å²) in [5.74, 6) is 0.0328. The van der Waals surface area contributed by atoms with E-state index >= 15 is 0 Å². The van der Waals surface area contributed by atoms with Crippen molar-refractivity contribution in [1.29, 1.82) is 0 Å². The van der Waals surface area contributed by atoms with E-state index in [-0.39, 0.29) is 24.2 Å². The third-order valence-corrected chi connectivity index (χ3v) is 4.58. The molecule has 0 radical (unpaired) electrons. The number of benzene rings is 1. The zero-order valence-electron chi connectivity index (χ0n) is 13.2. The van der Waals surface area contributed by atoms with E-state index in [0.717, 1.165) is 21.9 Å². The fourth-order valence-electron chi connectivity index (χ4n) is 1.89. The van der Waals surface area contributed by atoms with Crippen molar-refractivity contribution in [2.75, 3.05) is 5.32 Å². The molecule has 1 amide bonds. The number of carbonyl (C=O) groups is 1. The second-order valence-electron chi connectivity index (χ2n) is 5.21. The molecule has 23 heavy (non-hydrogen) atoms. The number of amides is 1. The molecule has 2 aromatic rings. The van der Waals surface area contributed by atoms with Crippen molar-refractivity contribution in [2.45, 2.75) is 36.1 Å². The van der Waals surface area contributed by atoms with Crippen molar-refractivity contribution in [3.05, 3.63) is 48.8 Å². The van der Waals surface area contributed by atoms with Crippen LogP contribution >= 0.6 is 24.2 Å². The van der Waals surface area contributed by atoms with Crippen LogP contribution < -0.4 is 11.1 Å². The molecule has 2 rings (SSSR count). The minimum Gasteiger partial charge on any atom is -0.325 e. The third kappa shape index (κ3) is 5.86. The molecule has 0 aliphatic carbocycles. The van der Waals surface area contributed by atoms with Gasteiger partial charge in [-0.2, -0.15) is 0 Å². The quantitative estimate of drug-likeness (QED) is 0.826. The third-order valence-electron chi connectivity index (χ3n) is 3.57. The van der Waals surface area contributed by atoms with E-state index in [1.165, 1.54) is 0 Å². The lowest BCUT2D eigenvalue weighted by molar-refractivity contribution is -0.118. The Balaban J connectivity index is 0.00000264. The average molecular weight is 352 g/mol. The first-order chi connectivity index (χ1) is 10.6. The summed E-state index contributed by atoms with van der Waals surface area (Å²) in [6.45, 7) is 4.02. The minimum absolute atomic E-state index is 0. The summed E-state index contributed by atoms with van der Waals surface area (Å²) < 4.78 is 0. The fourth-order valence-corrected chi connectivity index (χ4v) is 2.69. The SMILES string of the molecule is CCC(C)C(N)C(=O)Nc1ccc(Sc2ccncc2)cc1.Cl. The highest BCUT2D eigenvalue weighted by atomic mass is 35.5. The van der Waals surface area contributed by atoms with Gasteiger partial charge in [0, 0.05) is 27.9 Å². The van der Waals surface area contributed by atoms with E-state index in [9.17, 15) is 4.79 Å². The number of pyridine rings is 1. The maximum absolute atomic E-state index is 12.0. The van der Waals surface area contributed by atoms with Crippen molar-refractivity contribution in [3.8, 4) is 0 Å². The summed E-state index contributed by atoms with van der Waals surface area (Å²) in [6.07, 6.45) is 4.43. The van der Waals surface area contributed by atoms with Crippen LogP contribution in [0.3, 0.4) is 0 Å². The van der Waals surface area contributed by atoms with Gasteiger partial charge in [-0.3, -0.25) is 9.78 Å². The van der Waals surface area contributed by atoms with E-state index in [1.807, 2.05) is 50.2 Å². The number of nitrogens with one attached hydrogen (secondary N) is 1. The number of carbonyl (C=O) groups excluding carboxylic acids is 1. The first-order valence-electron chi connectivity index (χ1n) is 7.34. The van der Waals surface area contributed by atoms with Gasteiger partial charge in [-0.05, 0) is 42.3 Å². The van der Waals surface area contributed by atoms with Crippen LogP contribution in [0.2, 0.25) is 0 Å². The summed E-state index contributed by atoms with van der Waals surface area (Å²) in [4.78, 5) is 18.3. The Kier molecular flexibility index (Phi) is 8.09. The summed E-state index contributed by atoms with van der Waals surface area (Å²) in [5.41, 5.74) is 6.70. The number of nitrogens with zero attached hydrogens (tertiary/aromatic N) is 1. The Morgan fingerprint density at radius 3 is 2.30 bits per heavy atom. The molecule has 0 saturated carbocycles. The first-order valence-corrected chi connectivity index (χ1v) is 8.16. The fraction of sp³-hybridized carbons (Fsp3) is 0.294. The topological polar surface area (TPSA) is 68.0 Å². The van der Waals surface area contributed by atoms with Gasteiger partial charge in [0.1, 0.15) is 0 Å². The summed E-state index contributed by atoms with van der Waals surface area (Å²) in [7, 11) is 0. The van der Waals surface area contributed by atoms with Crippen LogP contribution in [0.1, 0.15) is 20.3 Å². The lowest BCUT2D eigenvalue weighted by Gasteiger charge is -2.17. The highest BCUT2D eigenvalue weighted by molar-refractivity contribution is 7.99. The van der Waals surface area contributed by atoms with Crippen LogP contribution in [0.15, 0.2) is 58.6 Å². The Morgan fingerprint density at radius 1 is 1.17 bits per heavy atom. The molecule has 1 aromatic carbocycles. The Bertz CT molecular complexity index is 607. The minimum atomic E-state index is -0.476. The summed E-state index contributed by atoms with van der Waals surface area (Å²) >= 11 is 1.65. The van der Waals surface area contributed by atoms with Gasteiger partial charge in [-0.1, -0.05) is 32.0 Å². The predicted molar refractivity (Wildman–Crippen MR) is 98.1 cm³/mol. The van der Waals surface area contributed by atoms with E-state index < -0.39 is 6.04 Å². The molecule has 0 aliphatic rings. The molecule has 0 bridgehead atoms. The van der Waals surface area contributed by atoms with E-state index in [0.29, 0.717) is 0 Å². The van der Waals surface area contributed by atoms with Crippen LogP contribution in [0.5, 0.6) is 0 Å². The van der Waals surface area contributed by atoms with Gasteiger partial charge in [0.25, 0.3) is 0 Å². The standard InChI is InChI=1S/C17H21N3OS.ClH/c1-3-12(2)16(18)17(21)20-13-4-6-14(7-5-13)22-15-8-10-19-11-9-15;/h4-12,16H,3,18H2,1-2H3,(H,20,21);1H. The van der Waals surface area contributed by atoms with Crippen LogP contribution in [0, 0.1) is 5.92 Å². The van der Waals surface area contributed by atoms with Crippen molar-refractivity contribution in [3.63, 3.8) is 0 Å². The molecule has 0 aliphatic heterocycles. The number of nitrogens with two attached hydrogens (primary N) is 1. The Morgan fingerprint density at radius 2 is 1.74 bits per heavy atom. The number of halogens is 1. The van der Waals surface area contributed by atoms with Gasteiger partial charge >= 0.3 is 0 Å². The molecule has 3 N–H and O–H groups in total. The maximum Gasteiger partial charge on any atom is 0.241 e. The van der Waals surface area contributed by atoms with Crippen LogP contribution in [-0.2, 0) is 4.79 Å².